The molecule has 4 rings (SSSR count). The van der Waals surface area contributed by atoms with Crippen LogP contribution in [0.3, 0.4) is 0 Å². The van der Waals surface area contributed by atoms with Gasteiger partial charge in [-0.1, -0.05) is 82.1 Å². The highest BCUT2D eigenvalue weighted by atomic mass is 16.5. The van der Waals surface area contributed by atoms with Gasteiger partial charge in [0.1, 0.15) is 5.75 Å². The summed E-state index contributed by atoms with van der Waals surface area (Å²) < 4.78 is 5.93. The minimum absolute atomic E-state index is 0.735. The smallest absolute Gasteiger partial charge is 0.119 e. The number of hydrogen-bond donors (Lipinski definition) is 0. The monoisotopic (exact) mass is 424 g/mol. The number of hydrogen-bond acceptors (Lipinski definition) is 1. The minimum Gasteiger partial charge on any atom is -0.494 e. The van der Waals surface area contributed by atoms with Crippen molar-refractivity contribution in [3.05, 3.63) is 77.4 Å². The topological polar surface area (TPSA) is 9.23 Å². The SMILES string of the molecule is CCCCCCOc1ccc2cc(C#Cc3ccc([C@H]4CC[C@H](C)CC4)cc3)ccc2c1. The molecule has 0 aromatic heterocycles. The van der Waals surface area contributed by atoms with E-state index in [4.69, 9.17) is 4.74 Å². The molecule has 0 aliphatic heterocycles. The quantitative estimate of drug-likeness (QED) is 0.273. The van der Waals surface area contributed by atoms with Gasteiger partial charge in [0, 0.05) is 11.1 Å². The number of fused-ring (bicyclic) bond motifs is 1. The molecule has 1 aliphatic rings. The van der Waals surface area contributed by atoms with Gasteiger partial charge < -0.3 is 4.74 Å². The van der Waals surface area contributed by atoms with E-state index in [-0.39, 0.29) is 0 Å². The maximum absolute atomic E-state index is 5.93. The Morgan fingerprint density at radius 3 is 2.22 bits per heavy atom. The highest BCUT2D eigenvalue weighted by molar-refractivity contribution is 5.85. The third-order valence-corrected chi connectivity index (χ3v) is 6.83. The molecular formula is C31H36O. The van der Waals surface area contributed by atoms with Crippen LogP contribution in [0, 0.1) is 17.8 Å². The van der Waals surface area contributed by atoms with Crippen molar-refractivity contribution in [2.75, 3.05) is 6.61 Å². The molecule has 0 radical (unpaired) electrons. The van der Waals surface area contributed by atoms with Gasteiger partial charge in [-0.25, -0.2) is 0 Å². The molecule has 1 saturated carbocycles. The zero-order chi connectivity index (χ0) is 22.2. The van der Waals surface area contributed by atoms with Gasteiger partial charge >= 0.3 is 0 Å². The molecule has 0 saturated heterocycles. The second-order valence-corrected chi connectivity index (χ2v) is 9.46. The summed E-state index contributed by atoms with van der Waals surface area (Å²) in [7, 11) is 0. The fourth-order valence-corrected chi connectivity index (χ4v) is 4.69. The van der Waals surface area contributed by atoms with Gasteiger partial charge in [-0.2, -0.15) is 0 Å². The van der Waals surface area contributed by atoms with E-state index in [9.17, 15) is 0 Å². The zero-order valence-corrected chi connectivity index (χ0v) is 19.7. The summed E-state index contributed by atoms with van der Waals surface area (Å²) in [5.74, 6) is 9.28. The molecule has 3 aromatic carbocycles. The summed E-state index contributed by atoms with van der Waals surface area (Å²) in [6.07, 6.45) is 10.3. The fraction of sp³-hybridized carbons (Fsp3) is 0.419. The Bertz CT molecular complexity index is 1060. The van der Waals surface area contributed by atoms with Crippen molar-refractivity contribution in [3.8, 4) is 17.6 Å². The summed E-state index contributed by atoms with van der Waals surface area (Å²) >= 11 is 0. The van der Waals surface area contributed by atoms with Crippen LogP contribution in [0.5, 0.6) is 5.75 Å². The summed E-state index contributed by atoms with van der Waals surface area (Å²) in [5, 5.41) is 2.41. The van der Waals surface area contributed by atoms with Crippen LogP contribution in [0.25, 0.3) is 10.8 Å². The standard InChI is InChI=1S/C31H36O/c1-3-4-5-6-21-32-31-20-19-29-22-26(13-18-30(29)23-31)10-9-25-11-16-28(17-12-25)27-14-7-24(2)8-15-27/h11-13,16-20,22-24,27H,3-8,14-15,21H2,1-2H3/t24-,27-. The Labute approximate surface area is 194 Å². The van der Waals surface area contributed by atoms with Crippen LogP contribution in [0.15, 0.2) is 60.7 Å². The van der Waals surface area contributed by atoms with Crippen LogP contribution in [0.4, 0.5) is 0 Å². The van der Waals surface area contributed by atoms with Gasteiger partial charge in [0.2, 0.25) is 0 Å². The van der Waals surface area contributed by atoms with E-state index in [1.165, 1.54) is 61.3 Å². The van der Waals surface area contributed by atoms with E-state index < -0.39 is 0 Å². The normalized spacial score (nSPS) is 18.2. The number of unbranched alkanes of at least 4 members (excludes halogenated alkanes) is 3. The molecule has 0 unspecified atom stereocenters. The van der Waals surface area contributed by atoms with Crippen molar-refractivity contribution in [2.45, 2.75) is 71.1 Å². The average molecular weight is 425 g/mol. The molecular weight excluding hydrogens is 388 g/mol. The number of rotatable bonds is 7. The Morgan fingerprint density at radius 1 is 0.750 bits per heavy atom. The first-order chi connectivity index (χ1) is 15.7. The van der Waals surface area contributed by atoms with Crippen molar-refractivity contribution in [1.82, 2.24) is 0 Å². The van der Waals surface area contributed by atoms with E-state index in [1.54, 1.807) is 0 Å². The number of benzene rings is 3. The maximum atomic E-state index is 5.93. The Morgan fingerprint density at radius 2 is 1.44 bits per heavy atom. The lowest BCUT2D eigenvalue weighted by atomic mass is 9.79. The Balaban J connectivity index is 1.37. The van der Waals surface area contributed by atoms with Crippen molar-refractivity contribution in [1.29, 1.82) is 0 Å². The summed E-state index contributed by atoms with van der Waals surface area (Å²) in [6, 6.07) is 21.7. The highest BCUT2D eigenvalue weighted by Gasteiger charge is 2.19. The van der Waals surface area contributed by atoms with E-state index in [1.807, 2.05) is 0 Å². The summed E-state index contributed by atoms with van der Waals surface area (Å²) in [5.41, 5.74) is 3.62. The molecule has 0 N–H and O–H groups in total. The van der Waals surface area contributed by atoms with Crippen molar-refractivity contribution in [2.24, 2.45) is 5.92 Å². The lowest BCUT2D eigenvalue weighted by molar-refractivity contribution is 0.305. The minimum atomic E-state index is 0.735. The first-order valence-electron chi connectivity index (χ1n) is 12.5. The predicted octanol–water partition coefficient (Wildman–Crippen LogP) is 8.49. The highest BCUT2D eigenvalue weighted by Crippen LogP contribution is 2.35. The molecule has 1 heteroatoms. The molecule has 1 aliphatic carbocycles. The van der Waals surface area contributed by atoms with Crippen LogP contribution in [-0.4, -0.2) is 6.61 Å². The number of ether oxygens (including phenoxy) is 1. The van der Waals surface area contributed by atoms with E-state index >= 15 is 0 Å². The van der Waals surface area contributed by atoms with Gasteiger partial charge in [0.25, 0.3) is 0 Å². The largest absolute Gasteiger partial charge is 0.494 e. The summed E-state index contributed by atoms with van der Waals surface area (Å²) in [4.78, 5) is 0. The lowest BCUT2D eigenvalue weighted by Gasteiger charge is -2.26. The van der Waals surface area contributed by atoms with E-state index in [0.717, 1.165) is 41.7 Å². The first kappa shape index (κ1) is 22.5. The molecule has 0 amide bonds. The molecule has 0 atom stereocenters. The molecule has 3 aromatic rings. The zero-order valence-electron chi connectivity index (χ0n) is 19.7. The molecule has 32 heavy (non-hydrogen) atoms. The van der Waals surface area contributed by atoms with Crippen LogP contribution in [-0.2, 0) is 0 Å². The van der Waals surface area contributed by atoms with Crippen LogP contribution in [0.2, 0.25) is 0 Å². The third kappa shape index (κ3) is 6.17. The molecule has 0 bridgehead atoms. The molecule has 1 nitrogen and oxygen atoms in total. The van der Waals surface area contributed by atoms with E-state index in [2.05, 4.69) is 86.4 Å². The second kappa shape index (κ2) is 11.2. The Kier molecular flexibility index (Phi) is 7.89. The van der Waals surface area contributed by atoms with Crippen LogP contribution in [0.1, 0.15) is 87.8 Å². The van der Waals surface area contributed by atoms with E-state index in [0.29, 0.717) is 0 Å². The average Bonchev–Trinajstić information content (AvgIpc) is 2.83. The van der Waals surface area contributed by atoms with Gasteiger partial charge in [0.05, 0.1) is 6.61 Å². The van der Waals surface area contributed by atoms with Gasteiger partial charge in [-0.05, 0) is 83.8 Å². The van der Waals surface area contributed by atoms with Crippen molar-refractivity contribution < 1.29 is 4.74 Å². The Hall–Kier alpha value is -2.72. The second-order valence-electron chi connectivity index (χ2n) is 9.46. The van der Waals surface area contributed by atoms with Gasteiger partial charge in [-0.15, -0.1) is 0 Å². The van der Waals surface area contributed by atoms with Crippen LogP contribution >= 0.6 is 0 Å². The van der Waals surface area contributed by atoms with Gasteiger partial charge in [-0.3, -0.25) is 0 Å². The van der Waals surface area contributed by atoms with Crippen molar-refractivity contribution in [3.63, 3.8) is 0 Å². The molecule has 166 valence electrons. The predicted molar refractivity (Wildman–Crippen MR) is 136 cm³/mol. The molecule has 1 fully saturated rings. The molecule has 0 heterocycles. The molecule has 0 spiro atoms. The van der Waals surface area contributed by atoms with Gasteiger partial charge in [0.15, 0.2) is 0 Å². The fourth-order valence-electron chi connectivity index (χ4n) is 4.69. The third-order valence-electron chi connectivity index (χ3n) is 6.83. The van der Waals surface area contributed by atoms with Crippen LogP contribution < -0.4 is 4.74 Å². The first-order valence-corrected chi connectivity index (χ1v) is 12.5. The van der Waals surface area contributed by atoms with Crippen molar-refractivity contribution >= 4 is 10.8 Å². The summed E-state index contributed by atoms with van der Waals surface area (Å²) in [6.45, 7) is 5.41. The lowest BCUT2D eigenvalue weighted by Crippen LogP contribution is -2.10. The maximum Gasteiger partial charge on any atom is 0.119 e.